The normalized spacial score (nSPS) is 12.8. The Morgan fingerprint density at radius 2 is 1.90 bits per heavy atom. The first-order valence-corrected chi connectivity index (χ1v) is 8.56. The van der Waals surface area contributed by atoms with Crippen LogP contribution in [0.2, 0.25) is 0 Å². The number of pyridine rings is 1. The first kappa shape index (κ1) is 15.0. The van der Waals surface area contributed by atoms with E-state index in [9.17, 15) is 0 Å². The molecule has 6 heteroatoms. The van der Waals surface area contributed by atoms with E-state index in [4.69, 9.17) is 11.6 Å². The fourth-order valence-corrected chi connectivity index (χ4v) is 3.17. The van der Waals surface area contributed by atoms with Gasteiger partial charge in [0, 0.05) is 15.1 Å². The third-order valence-corrected chi connectivity index (χ3v) is 4.63. The summed E-state index contributed by atoms with van der Waals surface area (Å²) in [5, 5.41) is 0. The predicted molar refractivity (Wildman–Crippen MR) is 92.7 cm³/mol. The Bertz CT molecular complexity index is 783. The van der Waals surface area contributed by atoms with Crippen molar-refractivity contribution in [2.75, 3.05) is 0 Å². The van der Waals surface area contributed by atoms with Crippen LogP contribution in [0.1, 0.15) is 24.4 Å². The number of nitrogens with zero attached hydrogens (tertiary/aromatic N) is 3. The highest BCUT2D eigenvalue weighted by molar-refractivity contribution is 9.10. The minimum atomic E-state index is 0.116. The molecule has 0 bridgehead atoms. The lowest BCUT2D eigenvalue weighted by molar-refractivity contribution is 0.629. The van der Waals surface area contributed by atoms with Crippen molar-refractivity contribution in [1.29, 1.82) is 0 Å². The number of rotatable bonds is 3. The molecule has 21 heavy (non-hydrogen) atoms. The molecule has 3 aromatic rings. The third-order valence-electron chi connectivity index (χ3n) is 3.43. The van der Waals surface area contributed by atoms with E-state index in [0.717, 1.165) is 25.9 Å². The zero-order chi connectivity index (χ0) is 15.0. The zero-order valence-electron chi connectivity index (χ0n) is 11.2. The molecule has 1 unspecified atom stereocenters. The predicted octanol–water partition coefficient (Wildman–Crippen LogP) is 5.30. The number of hydrogen-bond acceptors (Lipinski definition) is 2. The van der Waals surface area contributed by atoms with E-state index in [1.807, 2.05) is 18.2 Å². The zero-order valence-corrected chi connectivity index (χ0v) is 15.2. The van der Waals surface area contributed by atoms with E-state index < -0.39 is 0 Å². The second kappa shape index (κ2) is 6.07. The van der Waals surface area contributed by atoms with Crippen LogP contribution in [0.15, 0.2) is 45.5 Å². The van der Waals surface area contributed by atoms with Crippen LogP contribution in [0, 0.1) is 0 Å². The molecule has 2 aromatic heterocycles. The van der Waals surface area contributed by atoms with Crippen molar-refractivity contribution in [3.63, 3.8) is 0 Å². The smallest absolute Gasteiger partial charge is 0.160 e. The molecule has 108 valence electrons. The lowest BCUT2D eigenvalue weighted by Gasteiger charge is -2.17. The van der Waals surface area contributed by atoms with Crippen LogP contribution in [0.3, 0.4) is 0 Å². The van der Waals surface area contributed by atoms with Crippen LogP contribution in [0.4, 0.5) is 0 Å². The molecule has 1 aromatic carbocycles. The summed E-state index contributed by atoms with van der Waals surface area (Å²) in [6.07, 6.45) is 1.78. The number of halogens is 3. The molecule has 0 aliphatic carbocycles. The summed E-state index contributed by atoms with van der Waals surface area (Å²) >= 11 is 13.0. The number of fused-ring (bicyclic) bond motifs is 1. The van der Waals surface area contributed by atoms with Crippen molar-refractivity contribution in [2.45, 2.75) is 18.8 Å². The van der Waals surface area contributed by atoms with Gasteiger partial charge in [-0.05, 0) is 46.6 Å². The summed E-state index contributed by atoms with van der Waals surface area (Å²) in [6.45, 7) is 2.13. The van der Waals surface area contributed by atoms with Gasteiger partial charge in [0.15, 0.2) is 5.65 Å². The molecule has 0 spiro atoms. The van der Waals surface area contributed by atoms with Gasteiger partial charge in [0.1, 0.15) is 11.3 Å². The Kier molecular flexibility index (Phi) is 4.33. The standard InChI is InChI=1S/C15H12Br2ClN3/c1-9(10-2-4-11(16)5-3-10)21-14(7-18)20-13-6-12(17)8-19-15(13)21/h2-6,8-9H,7H2,1H3. The van der Waals surface area contributed by atoms with Gasteiger partial charge in [0.2, 0.25) is 0 Å². The fourth-order valence-electron chi connectivity index (χ4n) is 2.40. The number of aromatic nitrogens is 3. The molecule has 3 nitrogen and oxygen atoms in total. The summed E-state index contributed by atoms with van der Waals surface area (Å²) in [5.41, 5.74) is 2.89. The number of benzene rings is 1. The minimum Gasteiger partial charge on any atom is -0.304 e. The topological polar surface area (TPSA) is 30.7 Å². The van der Waals surface area contributed by atoms with Gasteiger partial charge in [-0.25, -0.2) is 9.97 Å². The molecule has 0 aliphatic heterocycles. The molecular formula is C15H12Br2ClN3. The molecule has 0 saturated heterocycles. The molecule has 0 radical (unpaired) electrons. The van der Waals surface area contributed by atoms with E-state index in [1.54, 1.807) is 6.20 Å². The Hall–Kier alpha value is -0.910. The maximum atomic E-state index is 6.07. The Morgan fingerprint density at radius 3 is 2.57 bits per heavy atom. The van der Waals surface area contributed by atoms with Gasteiger partial charge in [-0.15, -0.1) is 11.6 Å². The van der Waals surface area contributed by atoms with E-state index >= 15 is 0 Å². The molecule has 0 amide bonds. The van der Waals surface area contributed by atoms with Crippen molar-refractivity contribution in [2.24, 2.45) is 0 Å². The first-order chi connectivity index (χ1) is 10.1. The van der Waals surface area contributed by atoms with Crippen molar-refractivity contribution in [3.8, 4) is 0 Å². The van der Waals surface area contributed by atoms with Gasteiger partial charge in [0.25, 0.3) is 0 Å². The summed E-state index contributed by atoms with van der Waals surface area (Å²) < 4.78 is 4.07. The van der Waals surface area contributed by atoms with E-state index in [0.29, 0.717) is 5.88 Å². The van der Waals surface area contributed by atoms with Crippen molar-refractivity contribution >= 4 is 54.6 Å². The average Bonchev–Trinajstić information content (AvgIpc) is 2.84. The fraction of sp³-hybridized carbons (Fsp3) is 0.200. The largest absolute Gasteiger partial charge is 0.304 e. The lowest BCUT2D eigenvalue weighted by atomic mass is 10.1. The van der Waals surface area contributed by atoms with Gasteiger partial charge in [-0.2, -0.15) is 0 Å². The number of hydrogen-bond donors (Lipinski definition) is 0. The summed E-state index contributed by atoms with van der Waals surface area (Å²) in [4.78, 5) is 9.08. The first-order valence-electron chi connectivity index (χ1n) is 6.44. The van der Waals surface area contributed by atoms with Crippen molar-refractivity contribution in [1.82, 2.24) is 14.5 Å². The monoisotopic (exact) mass is 427 g/mol. The van der Waals surface area contributed by atoms with Crippen LogP contribution in [-0.2, 0) is 5.88 Å². The molecule has 0 fully saturated rings. The van der Waals surface area contributed by atoms with Crippen molar-refractivity contribution < 1.29 is 0 Å². The molecule has 1 atom stereocenters. The Morgan fingerprint density at radius 1 is 1.19 bits per heavy atom. The van der Waals surface area contributed by atoms with Crippen LogP contribution in [0.25, 0.3) is 11.2 Å². The second-order valence-electron chi connectivity index (χ2n) is 4.76. The highest BCUT2D eigenvalue weighted by atomic mass is 79.9. The van der Waals surface area contributed by atoms with Crippen molar-refractivity contribution in [3.05, 3.63) is 56.9 Å². The summed E-state index contributed by atoms with van der Waals surface area (Å²) in [5.74, 6) is 1.18. The minimum absolute atomic E-state index is 0.116. The van der Waals surface area contributed by atoms with Crippen LogP contribution < -0.4 is 0 Å². The van der Waals surface area contributed by atoms with E-state index in [-0.39, 0.29) is 6.04 Å². The molecule has 2 heterocycles. The Balaban J connectivity index is 2.16. The summed E-state index contributed by atoms with van der Waals surface area (Å²) in [7, 11) is 0. The highest BCUT2D eigenvalue weighted by Crippen LogP contribution is 2.27. The quantitative estimate of drug-likeness (QED) is 0.529. The number of imidazole rings is 1. The third kappa shape index (κ3) is 2.87. The maximum absolute atomic E-state index is 6.07. The average molecular weight is 430 g/mol. The van der Waals surface area contributed by atoms with Gasteiger partial charge in [0.05, 0.1) is 11.9 Å². The molecular weight excluding hydrogens is 417 g/mol. The van der Waals surface area contributed by atoms with Crippen LogP contribution >= 0.6 is 43.5 Å². The molecule has 0 N–H and O–H groups in total. The second-order valence-corrected chi connectivity index (χ2v) is 6.85. The molecule has 3 rings (SSSR count). The van der Waals surface area contributed by atoms with Gasteiger partial charge >= 0.3 is 0 Å². The van der Waals surface area contributed by atoms with Gasteiger partial charge < -0.3 is 4.57 Å². The van der Waals surface area contributed by atoms with Gasteiger partial charge in [-0.3, -0.25) is 0 Å². The Labute approximate surface area is 144 Å². The molecule has 0 saturated carbocycles. The highest BCUT2D eigenvalue weighted by Gasteiger charge is 2.18. The summed E-state index contributed by atoms with van der Waals surface area (Å²) in [6, 6.07) is 10.3. The maximum Gasteiger partial charge on any atom is 0.160 e. The van der Waals surface area contributed by atoms with E-state index in [2.05, 4.69) is 65.5 Å². The SMILES string of the molecule is CC(c1ccc(Br)cc1)n1c(CCl)nc2cc(Br)cnc21. The van der Waals surface area contributed by atoms with E-state index in [1.165, 1.54) is 5.56 Å². The van der Waals surface area contributed by atoms with Gasteiger partial charge in [-0.1, -0.05) is 28.1 Å². The number of alkyl halides is 1. The molecule has 0 aliphatic rings. The van der Waals surface area contributed by atoms with Crippen LogP contribution in [-0.4, -0.2) is 14.5 Å². The lowest BCUT2D eigenvalue weighted by Crippen LogP contribution is -2.10. The van der Waals surface area contributed by atoms with Crippen LogP contribution in [0.5, 0.6) is 0 Å².